The third-order valence-electron chi connectivity index (χ3n) is 5.10. The quantitative estimate of drug-likeness (QED) is 0.630. The third-order valence-corrected chi connectivity index (χ3v) is 5.10. The molecule has 0 unspecified atom stereocenters. The largest absolute Gasteiger partial charge is 0.497 e. The molecule has 0 spiro atoms. The molecule has 3 aromatic rings. The minimum absolute atomic E-state index is 0.450. The molecule has 0 radical (unpaired) electrons. The Balaban J connectivity index is 2.03. The van der Waals surface area contributed by atoms with Crippen LogP contribution in [0.4, 0.5) is 0 Å². The molecular formula is C23H26N2O4. The van der Waals surface area contributed by atoms with Crippen molar-refractivity contribution in [2.75, 3.05) is 21.3 Å². The maximum atomic E-state index is 12.0. The van der Waals surface area contributed by atoms with Gasteiger partial charge in [0.15, 0.2) is 0 Å². The Hall–Kier alpha value is -3.41. The van der Waals surface area contributed by atoms with E-state index in [0.29, 0.717) is 23.6 Å². The number of primary amides is 1. The number of ether oxygens (including phenoxy) is 3. The van der Waals surface area contributed by atoms with Crippen LogP contribution in [-0.4, -0.2) is 31.8 Å². The van der Waals surface area contributed by atoms with E-state index in [1.54, 1.807) is 21.3 Å². The summed E-state index contributed by atoms with van der Waals surface area (Å²) in [5, 5.41) is 0. The number of nitrogens with two attached hydrogens (primary N) is 1. The molecule has 0 aliphatic heterocycles. The third kappa shape index (κ3) is 4.21. The minimum atomic E-state index is -0.450. The van der Waals surface area contributed by atoms with Crippen LogP contribution < -0.4 is 19.9 Å². The van der Waals surface area contributed by atoms with Gasteiger partial charge >= 0.3 is 0 Å². The lowest BCUT2D eigenvalue weighted by molar-refractivity contribution is 0.0999. The lowest BCUT2D eigenvalue weighted by atomic mass is 10.1. The summed E-state index contributed by atoms with van der Waals surface area (Å²) in [5.41, 5.74) is 9.82. The van der Waals surface area contributed by atoms with Gasteiger partial charge in [-0.05, 0) is 55.3 Å². The van der Waals surface area contributed by atoms with Crippen LogP contribution in [0.1, 0.15) is 21.6 Å². The van der Waals surface area contributed by atoms with Gasteiger partial charge in [-0.1, -0.05) is 12.1 Å². The zero-order valence-corrected chi connectivity index (χ0v) is 17.2. The van der Waals surface area contributed by atoms with Crippen LogP contribution >= 0.6 is 0 Å². The molecule has 6 nitrogen and oxygen atoms in total. The van der Waals surface area contributed by atoms with Crippen molar-refractivity contribution in [1.82, 2.24) is 4.57 Å². The van der Waals surface area contributed by atoms with E-state index >= 15 is 0 Å². The summed E-state index contributed by atoms with van der Waals surface area (Å²) >= 11 is 0. The van der Waals surface area contributed by atoms with Gasteiger partial charge in [0.2, 0.25) is 0 Å². The van der Waals surface area contributed by atoms with Gasteiger partial charge in [-0.15, -0.1) is 0 Å². The van der Waals surface area contributed by atoms with Crippen molar-refractivity contribution in [2.45, 2.75) is 19.9 Å². The van der Waals surface area contributed by atoms with E-state index in [1.165, 1.54) is 5.56 Å². The average molecular weight is 394 g/mol. The van der Waals surface area contributed by atoms with Gasteiger partial charge in [-0.2, -0.15) is 0 Å². The lowest BCUT2D eigenvalue weighted by Crippen LogP contribution is -2.13. The number of methoxy groups -OCH3 is 3. The highest BCUT2D eigenvalue weighted by molar-refractivity contribution is 5.96. The van der Waals surface area contributed by atoms with E-state index in [-0.39, 0.29) is 0 Å². The summed E-state index contributed by atoms with van der Waals surface area (Å²) in [6, 6.07) is 15.4. The van der Waals surface area contributed by atoms with Gasteiger partial charge in [0.25, 0.3) is 5.91 Å². The predicted molar refractivity (Wildman–Crippen MR) is 113 cm³/mol. The highest BCUT2D eigenvalue weighted by Crippen LogP contribution is 2.36. The Kier molecular flexibility index (Phi) is 6.12. The van der Waals surface area contributed by atoms with Gasteiger partial charge in [0.05, 0.1) is 32.6 Å². The summed E-state index contributed by atoms with van der Waals surface area (Å²) in [6.07, 6.45) is 0.789. The Morgan fingerprint density at radius 1 is 0.931 bits per heavy atom. The van der Waals surface area contributed by atoms with Crippen LogP contribution in [0.5, 0.6) is 17.2 Å². The normalized spacial score (nSPS) is 10.6. The van der Waals surface area contributed by atoms with Crippen molar-refractivity contribution in [3.05, 3.63) is 65.4 Å². The number of amides is 1. The van der Waals surface area contributed by atoms with Gasteiger partial charge in [0, 0.05) is 17.8 Å². The number of nitrogens with zero attached hydrogens (tertiary/aromatic N) is 1. The number of rotatable bonds is 8. The summed E-state index contributed by atoms with van der Waals surface area (Å²) in [5.74, 6) is 1.78. The van der Waals surface area contributed by atoms with Crippen LogP contribution in [0.15, 0.2) is 48.5 Å². The second-order valence-corrected chi connectivity index (χ2v) is 6.71. The SMILES string of the molecule is COc1ccc(CCn2c(-c3cc(OC)ccc3OC)cc(C(N)=O)c2C)cc1. The Morgan fingerprint density at radius 3 is 2.17 bits per heavy atom. The molecule has 2 aromatic carbocycles. The fourth-order valence-electron chi connectivity index (χ4n) is 3.45. The summed E-state index contributed by atoms with van der Waals surface area (Å²) in [6.45, 7) is 2.59. The van der Waals surface area contributed by atoms with Gasteiger partial charge < -0.3 is 24.5 Å². The maximum absolute atomic E-state index is 12.0. The Labute approximate surface area is 170 Å². The van der Waals surface area contributed by atoms with E-state index in [9.17, 15) is 4.79 Å². The summed E-state index contributed by atoms with van der Waals surface area (Å²) < 4.78 is 18.3. The number of aromatic nitrogens is 1. The first-order chi connectivity index (χ1) is 14.0. The molecule has 0 fully saturated rings. The fourth-order valence-corrected chi connectivity index (χ4v) is 3.45. The highest BCUT2D eigenvalue weighted by Gasteiger charge is 2.19. The molecule has 29 heavy (non-hydrogen) atoms. The zero-order valence-electron chi connectivity index (χ0n) is 17.2. The summed E-state index contributed by atoms with van der Waals surface area (Å²) in [4.78, 5) is 12.0. The Bertz CT molecular complexity index is 1010. The van der Waals surface area contributed by atoms with Crippen molar-refractivity contribution < 1.29 is 19.0 Å². The number of carbonyl (C=O) groups is 1. The molecule has 1 amide bonds. The molecule has 0 saturated heterocycles. The molecule has 2 N–H and O–H groups in total. The number of hydrogen-bond donors (Lipinski definition) is 1. The molecule has 1 aromatic heterocycles. The monoisotopic (exact) mass is 394 g/mol. The standard InChI is InChI=1S/C23H26N2O4/c1-15-19(23(24)26)14-21(20-13-18(28-3)9-10-22(20)29-4)25(15)12-11-16-5-7-17(27-2)8-6-16/h5-10,13-14H,11-12H2,1-4H3,(H2,24,26). The van der Waals surface area contributed by atoms with E-state index in [4.69, 9.17) is 19.9 Å². The second kappa shape index (κ2) is 8.73. The Morgan fingerprint density at radius 2 is 1.59 bits per heavy atom. The van der Waals surface area contributed by atoms with Crippen LogP contribution in [0, 0.1) is 6.92 Å². The number of carbonyl (C=O) groups excluding carboxylic acids is 1. The molecule has 0 atom stereocenters. The van der Waals surface area contributed by atoms with Crippen molar-refractivity contribution >= 4 is 5.91 Å². The van der Waals surface area contributed by atoms with E-state index in [2.05, 4.69) is 4.57 Å². The van der Waals surface area contributed by atoms with Crippen molar-refractivity contribution in [1.29, 1.82) is 0 Å². The molecule has 0 aliphatic rings. The first kappa shape index (κ1) is 20.3. The number of aryl methyl sites for hydroxylation is 1. The van der Waals surface area contributed by atoms with Crippen LogP contribution in [-0.2, 0) is 13.0 Å². The fraction of sp³-hybridized carbons (Fsp3) is 0.261. The molecule has 0 bridgehead atoms. The topological polar surface area (TPSA) is 75.7 Å². The molecule has 3 rings (SSSR count). The molecule has 152 valence electrons. The predicted octanol–water partition coefficient (Wildman–Crippen LogP) is 3.83. The van der Waals surface area contributed by atoms with Crippen molar-refractivity contribution in [3.8, 4) is 28.5 Å². The maximum Gasteiger partial charge on any atom is 0.250 e. The van der Waals surface area contributed by atoms with Crippen molar-refractivity contribution in [3.63, 3.8) is 0 Å². The first-order valence-corrected chi connectivity index (χ1v) is 9.33. The van der Waals surface area contributed by atoms with E-state index in [1.807, 2.05) is 55.5 Å². The van der Waals surface area contributed by atoms with Crippen LogP contribution in [0.2, 0.25) is 0 Å². The van der Waals surface area contributed by atoms with Gasteiger partial charge in [-0.3, -0.25) is 4.79 Å². The molecule has 6 heteroatoms. The molecule has 1 heterocycles. The van der Waals surface area contributed by atoms with Gasteiger partial charge in [-0.25, -0.2) is 0 Å². The lowest BCUT2D eigenvalue weighted by Gasteiger charge is -2.15. The van der Waals surface area contributed by atoms with Crippen LogP contribution in [0.25, 0.3) is 11.3 Å². The molecule has 0 saturated carbocycles. The smallest absolute Gasteiger partial charge is 0.250 e. The first-order valence-electron chi connectivity index (χ1n) is 9.33. The van der Waals surface area contributed by atoms with Crippen molar-refractivity contribution in [2.24, 2.45) is 5.73 Å². The summed E-state index contributed by atoms with van der Waals surface area (Å²) in [7, 11) is 4.89. The van der Waals surface area contributed by atoms with E-state index in [0.717, 1.165) is 29.1 Å². The number of hydrogen-bond acceptors (Lipinski definition) is 4. The molecule has 0 aliphatic carbocycles. The average Bonchev–Trinajstić information content (AvgIpc) is 3.08. The van der Waals surface area contributed by atoms with Gasteiger partial charge in [0.1, 0.15) is 17.2 Å². The second-order valence-electron chi connectivity index (χ2n) is 6.71. The highest BCUT2D eigenvalue weighted by atomic mass is 16.5. The van der Waals surface area contributed by atoms with Crippen LogP contribution in [0.3, 0.4) is 0 Å². The number of benzene rings is 2. The zero-order chi connectivity index (χ0) is 21.0. The van der Waals surface area contributed by atoms with E-state index < -0.39 is 5.91 Å². The minimum Gasteiger partial charge on any atom is -0.497 e. The molecular weight excluding hydrogens is 368 g/mol.